The lowest BCUT2D eigenvalue weighted by Crippen LogP contribution is -2.47. The van der Waals surface area contributed by atoms with Gasteiger partial charge in [0.2, 0.25) is 9.84 Å². The first kappa shape index (κ1) is 60.5. The highest BCUT2D eigenvalue weighted by atomic mass is 32.2. The Morgan fingerprint density at radius 3 is 1.38 bits per heavy atom. The number of allylic oxidation sites excluding steroid dienone is 2. The lowest BCUT2D eigenvalue weighted by atomic mass is 9.81. The molecule has 74 heavy (non-hydrogen) atoms. The maximum absolute atomic E-state index is 13.6. The predicted molar refractivity (Wildman–Crippen MR) is 268 cm³/mol. The zero-order chi connectivity index (χ0) is 54.7. The van der Waals surface area contributed by atoms with Crippen molar-refractivity contribution in [1.82, 2.24) is 10.6 Å². The third-order valence-corrected chi connectivity index (χ3v) is 13.1. The summed E-state index contributed by atoms with van der Waals surface area (Å²) in [6.45, 7) is 20.3. The van der Waals surface area contributed by atoms with Gasteiger partial charge in [-0.05, 0) is 85.9 Å². The van der Waals surface area contributed by atoms with E-state index in [4.69, 9.17) is 37.9 Å². The second-order valence-electron chi connectivity index (χ2n) is 17.2. The minimum absolute atomic E-state index is 0.00698. The highest BCUT2D eigenvalue weighted by molar-refractivity contribution is 7.91. The predicted octanol–water partition coefficient (Wildman–Crippen LogP) is 5.94. The Labute approximate surface area is 430 Å². The summed E-state index contributed by atoms with van der Waals surface area (Å²) < 4.78 is 70.9. The fourth-order valence-electron chi connectivity index (χ4n) is 7.36. The average molecular weight is 1050 g/mol. The maximum Gasteiger partial charge on any atom is 0.412 e. The highest BCUT2D eigenvalue weighted by Gasteiger charge is 2.41. The first-order valence-corrected chi connectivity index (χ1v) is 24.6. The van der Waals surface area contributed by atoms with Crippen LogP contribution < -0.4 is 15.4 Å². The van der Waals surface area contributed by atoms with Gasteiger partial charge in [0, 0.05) is 49.0 Å². The van der Waals surface area contributed by atoms with Gasteiger partial charge in [0.1, 0.15) is 51.1 Å². The number of amides is 2. The number of sulfone groups is 1. The van der Waals surface area contributed by atoms with Crippen molar-refractivity contribution in [2.24, 2.45) is 22.7 Å². The monoisotopic (exact) mass is 1050 g/mol. The molecule has 1 aliphatic rings. The molecule has 400 valence electrons. The number of carbonyl (C=O) groups excluding carboxylic acids is 7. The van der Waals surface area contributed by atoms with E-state index >= 15 is 0 Å². The Morgan fingerprint density at radius 1 is 0.554 bits per heavy atom. The van der Waals surface area contributed by atoms with Gasteiger partial charge in [-0.1, -0.05) is 51.5 Å². The Balaban J connectivity index is 1.70. The molecule has 0 radical (unpaired) electrons. The molecule has 20 nitrogen and oxygen atoms in total. The van der Waals surface area contributed by atoms with Crippen LogP contribution in [0.1, 0.15) is 36.8 Å². The molecule has 0 spiro atoms. The quantitative estimate of drug-likeness (QED) is 0.0331. The number of hydrogen-bond donors (Lipinski definition) is 3. The maximum atomic E-state index is 13.6. The van der Waals surface area contributed by atoms with Gasteiger partial charge < -0.3 is 53.6 Å². The minimum atomic E-state index is -4.02. The standard InChI is InChI=1S/C53H64N2O18S/c1-8-16-39-25-41(20-22-43(39)56)74(64,65)42-21-23-44(40(26-42)17-9-2)73-51(63)55-28-38-19-15-18-37(24-38)27-54-50(62)72-36-53(34-70-48(60)13-6,35-71-49(61)14-7)30-66-29-52(31-67-45(57)10-3,32-68-46(58)11-4)33-69-47(59)12-5/h8-14,20-23,25-26,37-38,56H,1-7,15-19,24,27-36H2,(H,54,62)(H,55,63). The van der Waals surface area contributed by atoms with Crippen molar-refractivity contribution < 1.29 is 85.0 Å². The molecule has 2 amide bonds. The van der Waals surface area contributed by atoms with Crippen molar-refractivity contribution >= 4 is 51.9 Å². The third-order valence-electron chi connectivity index (χ3n) is 11.4. The van der Waals surface area contributed by atoms with Crippen molar-refractivity contribution in [2.45, 2.75) is 48.3 Å². The minimum Gasteiger partial charge on any atom is -0.508 e. The molecule has 0 heterocycles. The number of nitrogens with one attached hydrogen (secondary N) is 2. The summed E-state index contributed by atoms with van der Waals surface area (Å²) in [6.07, 6.45) is 9.14. The van der Waals surface area contributed by atoms with E-state index in [1.54, 1.807) is 12.2 Å². The van der Waals surface area contributed by atoms with Crippen LogP contribution in [0.3, 0.4) is 0 Å². The summed E-state index contributed by atoms with van der Waals surface area (Å²) in [7, 11) is -4.02. The molecule has 3 rings (SSSR count). The molecule has 0 saturated heterocycles. The number of rotatable bonds is 32. The summed E-state index contributed by atoms with van der Waals surface area (Å²) in [5.41, 5.74) is -2.41. The van der Waals surface area contributed by atoms with E-state index in [9.17, 15) is 47.1 Å². The summed E-state index contributed by atoms with van der Waals surface area (Å²) in [4.78, 5) is 87.4. The van der Waals surface area contributed by atoms with E-state index in [0.29, 0.717) is 17.5 Å². The van der Waals surface area contributed by atoms with Crippen LogP contribution in [0.15, 0.2) is 135 Å². The molecular formula is C53H64N2O18S. The van der Waals surface area contributed by atoms with Gasteiger partial charge >= 0.3 is 42.0 Å². The van der Waals surface area contributed by atoms with E-state index in [1.165, 1.54) is 36.4 Å². The summed E-state index contributed by atoms with van der Waals surface area (Å²) in [5.74, 6) is -4.35. The number of carbonyl (C=O) groups is 7. The number of phenolic OH excluding ortho intramolecular Hbond substituents is 1. The fourth-order valence-corrected chi connectivity index (χ4v) is 8.72. The van der Waals surface area contributed by atoms with Crippen LogP contribution in [-0.4, -0.2) is 122 Å². The zero-order valence-corrected chi connectivity index (χ0v) is 42.0. The van der Waals surface area contributed by atoms with E-state index in [-0.39, 0.29) is 59.1 Å². The van der Waals surface area contributed by atoms with Gasteiger partial charge in [0.05, 0.1) is 33.8 Å². The number of ether oxygens (including phenoxy) is 8. The van der Waals surface area contributed by atoms with Gasteiger partial charge in [0.25, 0.3) is 0 Å². The summed E-state index contributed by atoms with van der Waals surface area (Å²) in [5, 5.41) is 15.7. The molecule has 1 aliphatic carbocycles. The smallest absolute Gasteiger partial charge is 0.412 e. The lowest BCUT2D eigenvalue weighted by molar-refractivity contribution is -0.166. The first-order valence-electron chi connectivity index (χ1n) is 23.1. The molecule has 2 aromatic rings. The van der Waals surface area contributed by atoms with Crippen molar-refractivity contribution in [3.8, 4) is 11.5 Å². The molecule has 1 fully saturated rings. The lowest BCUT2D eigenvalue weighted by Gasteiger charge is -2.35. The van der Waals surface area contributed by atoms with Crippen LogP contribution in [-0.2, 0) is 79.8 Å². The Kier molecular flexibility index (Phi) is 24.8. The van der Waals surface area contributed by atoms with Crippen molar-refractivity contribution in [3.63, 3.8) is 0 Å². The van der Waals surface area contributed by atoms with E-state index < -0.39 is 116 Å². The largest absolute Gasteiger partial charge is 0.508 e. The van der Waals surface area contributed by atoms with Crippen molar-refractivity contribution in [2.75, 3.05) is 65.9 Å². The van der Waals surface area contributed by atoms with Crippen LogP contribution in [0, 0.1) is 22.7 Å². The number of phenols is 1. The van der Waals surface area contributed by atoms with Crippen LogP contribution in [0.25, 0.3) is 0 Å². The van der Waals surface area contributed by atoms with Gasteiger partial charge in [-0.3, -0.25) is 0 Å². The zero-order valence-electron chi connectivity index (χ0n) is 41.2. The fraction of sp³-hybridized carbons (Fsp3) is 0.377. The number of benzene rings is 2. The van der Waals surface area contributed by atoms with Crippen LogP contribution in [0.4, 0.5) is 9.59 Å². The number of esters is 5. The molecule has 1 saturated carbocycles. The van der Waals surface area contributed by atoms with Gasteiger partial charge in [-0.25, -0.2) is 42.0 Å². The molecule has 21 heteroatoms. The molecule has 2 unspecified atom stereocenters. The molecule has 2 atom stereocenters. The van der Waals surface area contributed by atoms with E-state index in [2.05, 4.69) is 56.7 Å². The molecular weight excluding hydrogens is 985 g/mol. The normalized spacial score (nSPS) is 14.3. The molecule has 0 aromatic heterocycles. The molecule has 2 aromatic carbocycles. The SMILES string of the molecule is C=CCc1cc(S(=O)(=O)c2ccc(OC(=O)NCC3CCCC(CNC(=O)OCC(COCC(COC(=O)C=C)(COC(=O)C=C)COC(=O)C=C)(COC(=O)C=C)COC(=O)C=C)C3)c(CC=C)c2)ccc1O. The van der Waals surface area contributed by atoms with Crippen LogP contribution in [0.2, 0.25) is 0 Å². The second-order valence-corrected chi connectivity index (χ2v) is 19.2. The Morgan fingerprint density at radius 2 is 0.946 bits per heavy atom. The Bertz CT molecular complexity index is 2430. The van der Waals surface area contributed by atoms with Gasteiger partial charge in [0.15, 0.2) is 0 Å². The molecule has 0 bridgehead atoms. The van der Waals surface area contributed by atoms with Crippen molar-refractivity contribution in [1.29, 1.82) is 0 Å². The van der Waals surface area contributed by atoms with E-state index in [1.807, 2.05) is 0 Å². The number of alkyl carbamates (subject to hydrolysis) is 1. The highest BCUT2D eigenvalue weighted by Crippen LogP contribution is 2.32. The van der Waals surface area contributed by atoms with Crippen molar-refractivity contribution in [3.05, 3.63) is 136 Å². The number of aromatic hydroxyl groups is 1. The van der Waals surface area contributed by atoms with Crippen LogP contribution >= 0.6 is 0 Å². The van der Waals surface area contributed by atoms with Crippen LogP contribution in [0.5, 0.6) is 11.5 Å². The average Bonchev–Trinajstić information content (AvgIpc) is 3.40. The molecule has 3 N–H and O–H groups in total. The first-order chi connectivity index (χ1) is 35.3. The molecule has 0 aliphatic heterocycles. The Hall–Kier alpha value is -7.78. The summed E-state index contributed by atoms with van der Waals surface area (Å²) >= 11 is 0. The van der Waals surface area contributed by atoms with E-state index in [0.717, 1.165) is 49.6 Å². The third kappa shape index (κ3) is 19.7. The second kappa shape index (κ2) is 30.3. The van der Waals surface area contributed by atoms with Gasteiger partial charge in [-0.2, -0.15) is 0 Å². The topological polar surface area (TPSA) is 272 Å². The van der Waals surface area contributed by atoms with Gasteiger partial charge in [-0.15, -0.1) is 13.2 Å². The summed E-state index contributed by atoms with van der Waals surface area (Å²) in [6, 6.07) is 8.13. The number of hydrogen-bond acceptors (Lipinski definition) is 18.